The predicted molar refractivity (Wildman–Crippen MR) is 81.6 cm³/mol. The Morgan fingerprint density at radius 2 is 2.05 bits per heavy atom. The van der Waals surface area contributed by atoms with Gasteiger partial charge in [0.05, 0.1) is 25.5 Å². The topological polar surface area (TPSA) is 66.0 Å². The van der Waals surface area contributed by atoms with Crippen LogP contribution in [0, 0.1) is 0 Å². The van der Waals surface area contributed by atoms with Gasteiger partial charge >= 0.3 is 0 Å². The van der Waals surface area contributed by atoms with Crippen LogP contribution in [0.4, 0.5) is 0 Å². The van der Waals surface area contributed by atoms with E-state index < -0.39 is 4.87 Å². The molecule has 0 saturated carbocycles. The fourth-order valence-corrected chi connectivity index (χ4v) is 3.90. The molecule has 1 fully saturated rings. The second kappa shape index (κ2) is 6.10. The van der Waals surface area contributed by atoms with E-state index in [1.54, 1.807) is 14.2 Å². The summed E-state index contributed by atoms with van der Waals surface area (Å²) in [5.74, 6) is 2.34. The van der Waals surface area contributed by atoms with Gasteiger partial charge in [-0.25, -0.2) is 0 Å². The van der Waals surface area contributed by atoms with Gasteiger partial charge in [-0.3, -0.25) is 4.79 Å². The van der Waals surface area contributed by atoms with E-state index in [1.165, 1.54) is 11.8 Å². The molecule has 1 saturated heterocycles. The van der Waals surface area contributed by atoms with Crippen LogP contribution in [0.3, 0.4) is 0 Å². The van der Waals surface area contributed by atoms with Gasteiger partial charge in [0.15, 0.2) is 0 Å². The van der Waals surface area contributed by atoms with Crippen molar-refractivity contribution in [3.8, 4) is 11.5 Å². The molecule has 0 spiro atoms. The maximum Gasteiger partial charge on any atom is 0.231 e. The van der Waals surface area contributed by atoms with Crippen LogP contribution in [0.1, 0.15) is 12.0 Å². The van der Waals surface area contributed by atoms with Gasteiger partial charge in [0, 0.05) is 6.42 Å². The quantitative estimate of drug-likeness (QED) is 0.836. The van der Waals surface area contributed by atoms with Crippen molar-refractivity contribution in [1.82, 2.24) is 5.32 Å². The van der Waals surface area contributed by atoms with Crippen LogP contribution in [0.25, 0.3) is 0 Å². The molecule has 0 aliphatic carbocycles. The van der Waals surface area contributed by atoms with Gasteiger partial charge in [0.1, 0.15) is 28.7 Å². The highest BCUT2D eigenvalue weighted by atomic mass is 32.2. The average molecular weight is 323 g/mol. The third kappa shape index (κ3) is 2.62. The van der Waals surface area contributed by atoms with Crippen LogP contribution in [-0.4, -0.2) is 32.5 Å². The SMILES string of the molecule is COc1cccc(OC)c1C1(CC2=CCOO2)NC(=O)CS1. The Bertz CT molecular complexity index is 596. The third-order valence-electron chi connectivity index (χ3n) is 3.59. The molecule has 1 amide bonds. The minimum absolute atomic E-state index is 0.0301. The second-order valence-electron chi connectivity index (χ2n) is 4.92. The van der Waals surface area contributed by atoms with E-state index in [0.717, 1.165) is 5.56 Å². The first-order chi connectivity index (χ1) is 10.7. The van der Waals surface area contributed by atoms with E-state index in [-0.39, 0.29) is 5.91 Å². The molecular weight excluding hydrogens is 306 g/mol. The van der Waals surface area contributed by atoms with E-state index in [9.17, 15) is 4.79 Å². The highest BCUT2D eigenvalue weighted by Crippen LogP contribution is 2.50. The molecule has 1 atom stereocenters. The molecule has 2 heterocycles. The van der Waals surface area contributed by atoms with Gasteiger partial charge in [-0.1, -0.05) is 6.07 Å². The normalized spacial score (nSPS) is 23.7. The number of carbonyl (C=O) groups excluding carboxylic acids is 1. The average Bonchev–Trinajstić information content (AvgIpc) is 3.17. The van der Waals surface area contributed by atoms with E-state index >= 15 is 0 Å². The number of hydrogen-bond donors (Lipinski definition) is 1. The Kier molecular flexibility index (Phi) is 4.17. The number of amides is 1. The minimum atomic E-state index is -0.700. The maximum absolute atomic E-state index is 11.9. The Labute approximate surface area is 132 Å². The number of rotatable bonds is 5. The largest absolute Gasteiger partial charge is 0.496 e. The second-order valence-corrected chi connectivity index (χ2v) is 6.19. The van der Waals surface area contributed by atoms with E-state index in [0.29, 0.717) is 36.0 Å². The molecule has 6 nitrogen and oxygen atoms in total. The van der Waals surface area contributed by atoms with Crippen molar-refractivity contribution in [3.63, 3.8) is 0 Å². The number of hydrogen-bond acceptors (Lipinski definition) is 6. The molecule has 7 heteroatoms. The molecule has 1 aromatic rings. The van der Waals surface area contributed by atoms with Crippen molar-refractivity contribution in [2.24, 2.45) is 0 Å². The molecule has 2 aliphatic heterocycles. The Morgan fingerprint density at radius 3 is 2.55 bits per heavy atom. The molecular formula is C15H17NO5S. The summed E-state index contributed by atoms with van der Waals surface area (Å²) in [6, 6.07) is 5.56. The summed E-state index contributed by atoms with van der Waals surface area (Å²) in [5, 5.41) is 3.05. The van der Waals surface area contributed by atoms with Gasteiger partial charge in [0.25, 0.3) is 0 Å². The molecule has 0 bridgehead atoms. The lowest BCUT2D eigenvalue weighted by Gasteiger charge is -2.31. The van der Waals surface area contributed by atoms with Gasteiger partial charge < -0.3 is 19.7 Å². The number of benzene rings is 1. The zero-order valence-electron chi connectivity index (χ0n) is 12.4. The van der Waals surface area contributed by atoms with Crippen LogP contribution in [0.2, 0.25) is 0 Å². The molecule has 0 aromatic heterocycles. The summed E-state index contributed by atoms with van der Waals surface area (Å²) < 4.78 is 11.0. The van der Waals surface area contributed by atoms with Crippen LogP contribution in [0.5, 0.6) is 11.5 Å². The zero-order chi connectivity index (χ0) is 15.6. The van der Waals surface area contributed by atoms with Gasteiger partial charge in [0.2, 0.25) is 5.91 Å². The summed E-state index contributed by atoms with van der Waals surface area (Å²) in [5.41, 5.74) is 0.798. The number of carbonyl (C=O) groups is 1. The minimum Gasteiger partial charge on any atom is -0.496 e. The summed E-state index contributed by atoms with van der Waals surface area (Å²) in [4.78, 5) is 21.3. The zero-order valence-corrected chi connectivity index (χ0v) is 13.2. The van der Waals surface area contributed by atoms with Crippen LogP contribution in [0.15, 0.2) is 30.0 Å². The van der Waals surface area contributed by atoms with E-state index in [4.69, 9.17) is 19.2 Å². The van der Waals surface area contributed by atoms with Gasteiger partial charge in [-0.15, -0.1) is 11.8 Å². The predicted octanol–water partition coefficient (Wildman–Crippen LogP) is 1.96. The van der Waals surface area contributed by atoms with Crippen molar-refractivity contribution in [3.05, 3.63) is 35.6 Å². The molecule has 118 valence electrons. The molecule has 0 radical (unpaired) electrons. The third-order valence-corrected chi connectivity index (χ3v) is 4.94. The van der Waals surface area contributed by atoms with Gasteiger partial charge in [-0.2, -0.15) is 4.89 Å². The highest BCUT2D eigenvalue weighted by Gasteiger charge is 2.46. The number of thioether (sulfide) groups is 1. The Hall–Kier alpha value is -1.86. The van der Waals surface area contributed by atoms with Crippen molar-refractivity contribution in [1.29, 1.82) is 0 Å². The summed E-state index contributed by atoms with van der Waals surface area (Å²) in [7, 11) is 3.20. The Morgan fingerprint density at radius 1 is 1.32 bits per heavy atom. The van der Waals surface area contributed by atoms with Crippen molar-refractivity contribution >= 4 is 17.7 Å². The number of ether oxygens (including phenoxy) is 2. The van der Waals surface area contributed by atoms with Crippen LogP contribution < -0.4 is 14.8 Å². The van der Waals surface area contributed by atoms with Crippen molar-refractivity contribution < 1.29 is 24.0 Å². The summed E-state index contributed by atoms with van der Waals surface area (Å²) in [6.07, 6.45) is 2.31. The maximum atomic E-state index is 11.9. The van der Waals surface area contributed by atoms with Crippen LogP contribution in [-0.2, 0) is 19.4 Å². The molecule has 1 unspecified atom stereocenters. The highest BCUT2D eigenvalue weighted by molar-refractivity contribution is 8.01. The van der Waals surface area contributed by atoms with Crippen molar-refractivity contribution in [2.45, 2.75) is 11.3 Å². The van der Waals surface area contributed by atoms with Gasteiger partial charge in [-0.05, 0) is 18.2 Å². The Balaban J connectivity index is 2.08. The van der Waals surface area contributed by atoms with Crippen molar-refractivity contribution in [2.75, 3.05) is 26.6 Å². The fourth-order valence-electron chi connectivity index (χ4n) is 2.67. The molecule has 3 rings (SSSR count). The first kappa shape index (κ1) is 15.1. The molecule has 22 heavy (non-hydrogen) atoms. The summed E-state index contributed by atoms with van der Waals surface area (Å²) in [6.45, 7) is 0.410. The fraction of sp³-hybridized carbons (Fsp3) is 0.400. The smallest absolute Gasteiger partial charge is 0.231 e. The first-order valence-electron chi connectivity index (χ1n) is 6.83. The lowest BCUT2D eigenvalue weighted by atomic mass is 9.99. The molecule has 2 aliphatic rings. The van der Waals surface area contributed by atoms with Crippen LogP contribution >= 0.6 is 11.8 Å². The number of nitrogens with one attached hydrogen (secondary N) is 1. The van der Waals surface area contributed by atoms with E-state index in [1.807, 2.05) is 24.3 Å². The first-order valence-corrected chi connectivity index (χ1v) is 7.82. The van der Waals surface area contributed by atoms with E-state index in [2.05, 4.69) is 5.32 Å². The monoisotopic (exact) mass is 323 g/mol. The standard InChI is InChI=1S/C15H17NO5S/c1-18-11-4-3-5-12(19-2)14(11)15(16-13(17)9-22-15)8-10-6-7-20-21-10/h3-6H,7-9H2,1-2H3,(H,16,17). The molecule has 1 N–H and O–H groups in total. The number of methoxy groups -OCH3 is 2. The lowest BCUT2D eigenvalue weighted by molar-refractivity contribution is -0.236. The summed E-state index contributed by atoms with van der Waals surface area (Å²) >= 11 is 1.50. The lowest BCUT2D eigenvalue weighted by Crippen LogP contribution is -2.38. The molecule has 1 aromatic carbocycles.